The molecule has 110 valence electrons. The van der Waals surface area contributed by atoms with Crippen LogP contribution in [0.4, 0.5) is 5.69 Å². The molecule has 0 radical (unpaired) electrons. The Kier molecular flexibility index (Phi) is 3.88. The highest BCUT2D eigenvalue weighted by atomic mass is 16.6. The quantitative estimate of drug-likeness (QED) is 0.486. The zero-order chi connectivity index (χ0) is 15.6. The molecule has 0 bridgehead atoms. The van der Waals surface area contributed by atoms with Crippen LogP contribution in [0.15, 0.2) is 24.3 Å². The number of nitrogens with zero attached hydrogens (tertiary/aromatic N) is 3. The predicted octanol–water partition coefficient (Wildman–Crippen LogP) is 2.22. The summed E-state index contributed by atoms with van der Waals surface area (Å²) in [5.74, 6) is -0.0824. The van der Waals surface area contributed by atoms with Gasteiger partial charge in [-0.05, 0) is 31.2 Å². The summed E-state index contributed by atoms with van der Waals surface area (Å²) < 4.78 is 11.4. The first-order valence-corrected chi connectivity index (χ1v) is 5.98. The number of hydrogen-bond acceptors (Lipinski definition) is 6. The van der Waals surface area contributed by atoms with Crippen LogP contribution in [-0.2, 0) is 11.8 Å². The summed E-state index contributed by atoms with van der Waals surface area (Å²) in [5, 5.41) is 15.0. The molecule has 0 atom stereocenters. The Balaban J connectivity index is 2.31. The van der Waals surface area contributed by atoms with Gasteiger partial charge in [-0.15, -0.1) is 0 Å². The summed E-state index contributed by atoms with van der Waals surface area (Å²) in [5.41, 5.74) is 0.443. The molecule has 8 nitrogen and oxygen atoms in total. The molecule has 0 aliphatic rings. The Hall–Kier alpha value is -2.90. The number of nitro groups is 1. The van der Waals surface area contributed by atoms with Crippen molar-refractivity contribution in [2.75, 3.05) is 7.11 Å². The Bertz CT molecular complexity index is 691. The van der Waals surface area contributed by atoms with Gasteiger partial charge in [-0.2, -0.15) is 5.10 Å². The van der Waals surface area contributed by atoms with Crippen LogP contribution < -0.4 is 4.74 Å². The molecule has 2 rings (SSSR count). The van der Waals surface area contributed by atoms with Gasteiger partial charge in [0.05, 0.1) is 17.6 Å². The first-order valence-electron chi connectivity index (χ1n) is 5.98. The molecule has 0 fully saturated rings. The van der Waals surface area contributed by atoms with E-state index in [9.17, 15) is 14.9 Å². The summed E-state index contributed by atoms with van der Waals surface area (Å²) in [6.07, 6.45) is 0. The van der Waals surface area contributed by atoms with E-state index in [2.05, 4.69) is 9.84 Å². The minimum atomic E-state index is -0.541. The molecule has 0 aliphatic heterocycles. The largest absolute Gasteiger partial charge is 0.465 e. The highest BCUT2D eigenvalue weighted by Gasteiger charge is 2.26. The van der Waals surface area contributed by atoms with E-state index in [0.717, 1.165) is 0 Å². The average Bonchev–Trinajstić information content (AvgIpc) is 2.73. The lowest BCUT2D eigenvalue weighted by Gasteiger charge is -2.05. The fourth-order valence-electron chi connectivity index (χ4n) is 1.84. The van der Waals surface area contributed by atoms with Gasteiger partial charge in [0.25, 0.3) is 5.88 Å². The highest BCUT2D eigenvalue weighted by Crippen LogP contribution is 2.33. The SMILES string of the molecule is COC(=O)c1ccc(Oc2c([N+](=O)[O-])c(C)nn2C)cc1. The van der Waals surface area contributed by atoms with Crippen LogP contribution in [0, 0.1) is 17.0 Å². The number of benzene rings is 1. The molecule has 21 heavy (non-hydrogen) atoms. The van der Waals surface area contributed by atoms with Crippen molar-refractivity contribution in [3.05, 3.63) is 45.6 Å². The Morgan fingerprint density at radius 2 is 1.95 bits per heavy atom. The van der Waals surface area contributed by atoms with E-state index in [1.54, 1.807) is 7.05 Å². The van der Waals surface area contributed by atoms with Crippen LogP contribution in [0.5, 0.6) is 11.6 Å². The van der Waals surface area contributed by atoms with Crippen molar-refractivity contribution in [3.63, 3.8) is 0 Å². The number of carbonyl (C=O) groups excluding carboxylic acids is 1. The molecule has 0 aliphatic carbocycles. The Morgan fingerprint density at radius 3 is 2.48 bits per heavy atom. The van der Waals surface area contributed by atoms with Crippen molar-refractivity contribution in [1.29, 1.82) is 0 Å². The molecule has 1 heterocycles. The molecule has 0 saturated carbocycles. The molecule has 2 aromatic rings. The predicted molar refractivity (Wildman–Crippen MR) is 72.5 cm³/mol. The fraction of sp³-hybridized carbons (Fsp3) is 0.231. The van der Waals surface area contributed by atoms with Gasteiger partial charge in [0.15, 0.2) is 0 Å². The van der Waals surface area contributed by atoms with Gasteiger partial charge in [0.1, 0.15) is 11.4 Å². The average molecular weight is 291 g/mol. The number of carbonyl (C=O) groups is 1. The first kappa shape index (κ1) is 14.5. The first-order chi connectivity index (χ1) is 9.93. The van der Waals surface area contributed by atoms with Crippen LogP contribution >= 0.6 is 0 Å². The normalized spacial score (nSPS) is 10.2. The number of methoxy groups -OCH3 is 1. The third-order valence-corrected chi connectivity index (χ3v) is 2.81. The van der Waals surface area contributed by atoms with Gasteiger partial charge < -0.3 is 9.47 Å². The maximum absolute atomic E-state index is 11.3. The molecular weight excluding hydrogens is 278 g/mol. The Morgan fingerprint density at radius 1 is 1.33 bits per heavy atom. The monoisotopic (exact) mass is 291 g/mol. The van der Waals surface area contributed by atoms with Gasteiger partial charge in [-0.25, -0.2) is 9.48 Å². The van der Waals surface area contributed by atoms with Crippen LogP contribution in [0.1, 0.15) is 16.1 Å². The maximum Gasteiger partial charge on any atom is 0.353 e. The maximum atomic E-state index is 11.3. The van der Waals surface area contributed by atoms with Gasteiger partial charge in [-0.3, -0.25) is 10.1 Å². The van der Waals surface area contributed by atoms with Crippen molar-refractivity contribution >= 4 is 11.7 Å². The van der Waals surface area contributed by atoms with Crippen LogP contribution in [0.3, 0.4) is 0 Å². The summed E-state index contributed by atoms with van der Waals surface area (Å²) in [6.45, 7) is 1.53. The summed E-state index contributed by atoms with van der Waals surface area (Å²) >= 11 is 0. The summed E-state index contributed by atoms with van der Waals surface area (Å²) in [7, 11) is 2.84. The number of hydrogen-bond donors (Lipinski definition) is 0. The summed E-state index contributed by atoms with van der Waals surface area (Å²) in [6, 6.07) is 6.07. The molecule has 0 amide bonds. The molecular formula is C13H13N3O5. The van der Waals surface area contributed by atoms with Crippen molar-refractivity contribution in [2.24, 2.45) is 7.05 Å². The number of ether oxygens (including phenoxy) is 2. The summed E-state index contributed by atoms with van der Waals surface area (Å²) in [4.78, 5) is 21.8. The molecule has 8 heteroatoms. The number of rotatable bonds is 4. The standard InChI is InChI=1S/C13H13N3O5/c1-8-11(16(18)19)12(15(2)14-8)21-10-6-4-9(5-7-10)13(17)20-3/h4-7H,1-3H3. The van der Waals surface area contributed by atoms with Crippen LogP contribution in [-0.4, -0.2) is 27.8 Å². The number of aromatic nitrogens is 2. The lowest BCUT2D eigenvalue weighted by molar-refractivity contribution is -0.386. The molecule has 1 aromatic heterocycles. The fourth-order valence-corrected chi connectivity index (χ4v) is 1.84. The zero-order valence-corrected chi connectivity index (χ0v) is 11.7. The Labute approximate surface area is 120 Å². The van der Waals surface area contributed by atoms with E-state index in [-0.39, 0.29) is 17.3 Å². The molecule has 0 spiro atoms. The van der Waals surface area contributed by atoms with Crippen molar-refractivity contribution in [3.8, 4) is 11.6 Å². The smallest absolute Gasteiger partial charge is 0.353 e. The molecule has 0 N–H and O–H groups in total. The third kappa shape index (κ3) is 2.83. The van der Waals surface area contributed by atoms with Gasteiger partial charge in [0, 0.05) is 7.05 Å². The number of esters is 1. The van der Waals surface area contributed by atoms with E-state index >= 15 is 0 Å². The second-order valence-electron chi connectivity index (χ2n) is 4.24. The lowest BCUT2D eigenvalue weighted by atomic mass is 10.2. The van der Waals surface area contributed by atoms with E-state index in [4.69, 9.17) is 4.74 Å². The second-order valence-corrected chi connectivity index (χ2v) is 4.24. The van der Waals surface area contributed by atoms with E-state index in [1.807, 2.05) is 0 Å². The third-order valence-electron chi connectivity index (χ3n) is 2.81. The zero-order valence-electron chi connectivity index (χ0n) is 11.7. The van der Waals surface area contributed by atoms with Crippen LogP contribution in [0.2, 0.25) is 0 Å². The van der Waals surface area contributed by atoms with Crippen molar-refractivity contribution < 1.29 is 19.2 Å². The molecule has 1 aromatic carbocycles. The topological polar surface area (TPSA) is 96.5 Å². The second kappa shape index (κ2) is 5.61. The minimum Gasteiger partial charge on any atom is -0.465 e. The van der Waals surface area contributed by atoms with E-state index < -0.39 is 10.9 Å². The van der Waals surface area contributed by atoms with Gasteiger partial charge >= 0.3 is 11.7 Å². The van der Waals surface area contributed by atoms with Gasteiger partial charge in [0.2, 0.25) is 0 Å². The lowest BCUT2D eigenvalue weighted by Crippen LogP contribution is -2.01. The molecule has 0 saturated heterocycles. The van der Waals surface area contributed by atoms with Crippen molar-refractivity contribution in [1.82, 2.24) is 9.78 Å². The highest BCUT2D eigenvalue weighted by molar-refractivity contribution is 5.89. The van der Waals surface area contributed by atoms with E-state index in [1.165, 1.54) is 43.0 Å². The molecule has 0 unspecified atom stereocenters. The van der Waals surface area contributed by atoms with Crippen molar-refractivity contribution in [2.45, 2.75) is 6.92 Å². The minimum absolute atomic E-state index is 0.0309. The number of aryl methyl sites for hydroxylation is 2. The van der Waals surface area contributed by atoms with Crippen LogP contribution in [0.25, 0.3) is 0 Å². The van der Waals surface area contributed by atoms with Gasteiger partial charge in [-0.1, -0.05) is 0 Å². The van der Waals surface area contributed by atoms with E-state index in [0.29, 0.717) is 11.3 Å².